The van der Waals surface area contributed by atoms with Crippen LogP contribution in [0.25, 0.3) is 0 Å². The van der Waals surface area contributed by atoms with Gasteiger partial charge in [-0.3, -0.25) is 4.99 Å². The number of aliphatic imine (C=N–C) groups is 1. The maximum absolute atomic E-state index is 11.6. The summed E-state index contributed by atoms with van der Waals surface area (Å²) < 4.78 is 28.7. The van der Waals surface area contributed by atoms with E-state index in [9.17, 15) is 8.42 Å². The molecule has 7 heteroatoms. The number of unbranched alkanes of at least 4 members (excludes halogenated alkanes) is 5. The number of rotatable bonds is 14. The lowest BCUT2D eigenvalue weighted by Gasteiger charge is -2.05. The van der Waals surface area contributed by atoms with Crippen molar-refractivity contribution in [3.8, 4) is 0 Å². The third-order valence-electron chi connectivity index (χ3n) is 3.08. The number of guanidine groups is 1. The predicted octanol–water partition coefficient (Wildman–Crippen LogP) is 1.44. The lowest BCUT2D eigenvalue weighted by Crippen LogP contribution is -2.24. The van der Waals surface area contributed by atoms with Crippen LogP contribution in [0.1, 0.15) is 51.9 Å². The van der Waals surface area contributed by atoms with Crippen LogP contribution in [0.3, 0.4) is 0 Å². The Morgan fingerprint density at radius 3 is 2.24 bits per heavy atom. The molecule has 0 unspecified atom stereocenters. The minimum Gasteiger partial charge on any atom is -0.381 e. The number of hydrogen-bond acceptors (Lipinski definition) is 4. The van der Waals surface area contributed by atoms with Gasteiger partial charge < -0.3 is 16.2 Å². The second-order valence-electron chi connectivity index (χ2n) is 5.19. The summed E-state index contributed by atoms with van der Waals surface area (Å²) in [7, 11) is -3.08. The summed E-state index contributed by atoms with van der Waals surface area (Å²) in [6.07, 6.45) is 7.89. The molecule has 6 nitrogen and oxygen atoms in total. The maximum atomic E-state index is 11.6. The molecule has 4 N–H and O–H groups in total. The topological polar surface area (TPSA) is 108 Å². The first-order valence-corrected chi connectivity index (χ1v) is 9.63. The predicted molar refractivity (Wildman–Crippen MR) is 88.1 cm³/mol. The van der Waals surface area contributed by atoms with E-state index in [1.807, 2.05) is 0 Å². The van der Waals surface area contributed by atoms with E-state index in [2.05, 4.69) is 11.9 Å². The average Bonchev–Trinajstić information content (AvgIpc) is 2.40. The molecule has 0 amide bonds. The molecule has 21 heavy (non-hydrogen) atoms. The summed E-state index contributed by atoms with van der Waals surface area (Å²) >= 11 is 0. The molecule has 0 aromatic heterocycles. The Bertz CT molecular complexity index is 366. The maximum Gasteiger partial charge on any atom is 0.185 e. The highest BCUT2D eigenvalue weighted by atomic mass is 32.2. The molecular weight excluding hydrogens is 290 g/mol. The van der Waals surface area contributed by atoms with Gasteiger partial charge in [0, 0.05) is 13.2 Å². The molecular formula is C14H31N3O3S. The van der Waals surface area contributed by atoms with Crippen LogP contribution in [-0.2, 0) is 14.6 Å². The molecule has 0 aromatic rings. The molecule has 0 fully saturated rings. The zero-order valence-electron chi connectivity index (χ0n) is 13.2. The van der Waals surface area contributed by atoms with Gasteiger partial charge in [0.1, 0.15) is 0 Å². The molecule has 0 heterocycles. The van der Waals surface area contributed by atoms with Gasteiger partial charge in [-0.05, 0) is 12.8 Å². The Kier molecular flexibility index (Phi) is 12.4. The summed E-state index contributed by atoms with van der Waals surface area (Å²) in [5, 5.41) is 0. The fourth-order valence-electron chi connectivity index (χ4n) is 1.88. The Hall–Kier alpha value is -0.820. The summed E-state index contributed by atoms with van der Waals surface area (Å²) in [6.45, 7) is 3.55. The molecule has 0 atom stereocenters. The van der Waals surface area contributed by atoms with Crippen molar-refractivity contribution in [3.05, 3.63) is 0 Å². The van der Waals surface area contributed by atoms with Gasteiger partial charge in [0.15, 0.2) is 15.8 Å². The van der Waals surface area contributed by atoms with Crippen molar-refractivity contribution in [1.29, 1.82) is 0 Å². The average molecular weight is 321 g/mol. The Morgan fingerprint density at radius 2 is 1.57 bits per heavy atom. The highest BCUT2D eigenvalue weighted by Crippen LogP contribution is 2.05. The SMILES string of the molecule is CCCCCCCCOCCCS(=O)(=O)CCN=C(N)N. The molecule has 0 aliphatic rings. The standard InChI is InChI=1S/C14H31N3O3S/c1-2-3-4-5-6-7-10-20-11-8-12-21(18,19)13-9-17-14(15)16/h2-13H2,1H3,(H4,15,16,17). The minimum absolute atomic E-state index is 0.0116. The van der Waals surface area contributed by atoms with Crippen LogP contribution in [0.4, 0.5) is 0 Å². The number of nitrogens with two attached hydrogens (primary N) is 2. The monoisotopic (exact) mass is 321 g/mol. The molecule has 0 aliphatic heterocycles. The summed E-state index contributed by atoms with van der Waals surface area (Å²) in [6, 6.07) is 0. The molecule has 0 spiro atoms. The second-order valence-corrected chi connectivity index (χ2v) is 7.50. The van der Waals surface area contributed by atoms with Gasteiger partial charge in [0.05, 0.1) is 18.1 Å². The van der Waals surface area contributed by atoms with Gasteiger partial charge in [0.25, 0.3) is 0 Å². The molecule has 0 saturated heterocycles. The van der Waals surface area contributed by atoms with Crippen LogP contribution in [0.2, 0.25) is 0 Å². The first-order valence-electron chi connectivity index (χ1n) is 7.81. The van der Waals surface area contributed by atoms with E-state index in [0.29, 0.717) is 13.0 Å². The smallest absolute Gasteiger partial charge is 0.185 e. The Labute approximate surface area is 129 Å². The van der Waals surface area contributed by atoms with Gasteiger partial charge in [-0.15, -0.1) is 0 Å². The molecule has 126 valence electrons. The number of hydrogen-bond donors (Lipinski definition) is 2. The van der Waals surface area contributed by atoms with Gasteiger partial charge in [-0.1, -0.05) is 39.0 Å². The lowest BCUT2D eigenvalue weighted by molar-refractivity contribution is 0.131. The normalized spacial score (nSPS) is 11.5. The summed E-state index contributed by atoms with van der Waals surface area (Å²) in [5.41, 5.74) is 10.3. The number of ether oxygens (including phenoxy) is 1. The molecule has 0 aromatic carbocycles. The van der Waals surface area contributed by atoms with Crippen LogP contribution in [0.15, 0.2) is 4.99 Å². The van der Waals surface area contributed by atoms with E-state index < -0.39 is 9.84 Å². The van der Waals surface area contributed by atoms with E-state index in [1.165, 1.54) is 32.1 Å². The third-order valence-corrected chi connectivity index (χ3v) is 4.80. The number of nitrogens with zero attached hydrogens (tertiary/aromatic N) is 1. The largest absolute Gasteiger partial charge is 0.381 e. The van der Waals surface area contributed by atoms with E-state index in [-0.39, 0.29) is 24.0 Å². The second kappa shape index (κ2) is 12.9. The van der Waals surface area contributed by atoms with Crippen molar-refractivity contribution < 1.29 is 13.2 Å². The van der Waals surface area contributed by atoms with Crippen LogP contribution in [-0.4, -0.2) is 45.6 Å². The fraction of sp³-hybridized carbons (Fsp3) is 0.929. The van der Waals surface area contributed by atoms with Crippen LogP contribution in [0.5, 0.6) is 0 Å². The van der Waals surface area contributed by atoms with Crippen molar-refractivity contribution in [3.63, 3.8) is 0 Å². The van der Waals surface area contributed by atoms with Crippen molar-refractivity contribution in [1.82, 2.24) is 0 Å². The first-order chi connectivity index (χ1) is 9.98. The van der Waals surface area contributed by atoms with Gasteiger partial charge in [-0.2, -0.15) is 0 Å². The van der Waals surface area contributed by atoms with Crippen LogP contribution < -0.4 is 11.5 Å². The Balaban J connectivity index is 3.43. The van der Waals surface area contributed by atoms with Crippen molar-refractivity contribution in [2.24, 2.45) is 16.5 Å². The molecule has 0 aliphatic carbocycles. The molecule has 0 rings (SSSR count). The van der Waals surface area contributed by atoms with Gasteiger partial charge >= 0.3 is 0 Å². The quantitative estimate of drug-likeness (QED) is 0.286. The zero-order chi connectivity index (χ0) is 16.0. The lowest BCUT2D eigenvalue weighted by atomic mass is 10.1. The van der Waals surface area contributed by atoms with Crippen molar-refractivity contribution in [2.45, 2.75) is 51.9 Å². The molecule has 0 bridgehead atoms. The van der Waals surface area contributed by atoms with Crippen molar-refractivity contribution >= 4 is 15.8 Å². The first kappa shape index (κ1) is 20.2. The number of sulfone groups is 1. The van der Waals surface area contributed by atoms with Gasteiger partial charge in [0.2, 0.25) is 0 Å². The van der Waals surface area contributed by atoms with Crippen molar-refractivity contribution in [2.75, 3.05) is 31.3 Å². The van der Waals surface area contributed by atoms with E-state index in [0.717, 1.165) is 13.0 Å². The molecule has 0 radical (unpaired) electrons. The molecule has 0 saturated carbocycles. The van der Waals surface area contributed by atoms with E-state index >= 15 is 0 Å². The van der Waals surface area contributed by atoms with Crippen LogP contribution >= 0.6 is 0 Å². The highest BCUT2D eigenvalue weighted by Gasteiger charge is 2.09. The zero-order valence-corrected chi connectivity index (χ0v) is 14.0. The van der Waals surface area contributed by atoms with Gasteiger partial charge in [-0.25, -0.2) is 8.42 Å². The van der Waals surface area contributed by atoms with Crippen LogP contribution in [0, 0.1) is 0 Å². The fourth-order valence-corrected chi connectivity index (χ4v) is 3.01. The minimum atomic E-state index is -3.08. The summed E-state index contributed by atoms with van der Waals surface area (Å²) in [4.78, 5) is 3.67. The summed E-state index contributed by atoms with van der Waals surface area (Å²) in [5.74, 6) is 0.0405. The van der Waals surface area contributed by atoms with E-state index in [1.54, 1.807) is 0 Å². The Morgan fingerprint density at radius 1 is 0.952 bits per heavy atom. The van der Waals surface area contributed by atoms with E-state index in [4.69, 9.17) is 16.2 Å². The third kappa shape index (κ3) is 15.4. The highest BCUT2D eigenvalue weighted by molar-refractivity contribution is 7.91.